The second-order valence-corrected chi connectivity index (χ2v) is 4.36. The van der Waals surface area contributed by atoms with Gasteiger partial charge in [0.25, 0.3) is 0 Å². The average molecular weight is 216 g/mol. The van der Waals surface area contributed by atoms with Crippen LogP contribution in [0.3, 0.4) is 0 Å². The van der Waals surface area contributed by atoms with Crippen molar-refractivity contribution < 1.29 is 9.90 Å². The number of hydrogen-bond acceptors (Lipinski definition) is 3. The maximum atomic E-state index is 11.4. The highest BCUT2D eigenvalue weighted by atomic mass is 16.3. The van der Waals surface area contributed by atoms with E-state index in [0.717, 1.165) is 12.8 Å². The SMILES string of the molecule is CCCC(N)C(=O)NCC(C)(O)CCC. The molecule has 0 aliphatic carbocycles. The minimum atomic E-state index is -0.823. The summed E-state index contributed by atoms with van der Waals surface area (Å²) in [5.41, 5.74) is 4.81. The van der Waals surface area contributed by atoms with Gasteiger partial charge in [0, 0.05) is 6.54 Å². The summed E-state index contributed by atoms with van der Waals surface area (Å²) in [5, 5.41) is 12.5. The molecule has 4 heteroatoms. The predicted octanol–water partition coefficient (Wildman–Crippen LogP) is 0.781. The molecule has 0 saturated heterocycles. The number of carbonyl (C=O) groups is 1. The third-order valence-electron chi connectivity index (χ3n) is 2.37. The second-order valence-electron chi connectivity index (χ2n) is 4.36. The van der Waals surface area contributed by atoms with E-state index < -0.39 is 11.6 Å². The molecule has 0 spiro atoms. The summed E-state index contributed by atoms with van der Waals surface area (Å²) in [5.74, 6) is -0.173. The molecule has 0 fully saturated rings. The van der Waals surface area contributed by atoms with Gasteiger partial charge in [-0.25, -0.2) is 0 Å². The van der Waals surface area contributed by atoms with Crippen molar-refractivity contribution in [2.45, 2.75) is 58.1 Å². The predicted molar refractivity (Wildman–Crippen MR) is 61.4 cm³/mol. The first-order valence-corrected chi connectivity index (χ1v) is 5.68. The van der Waals surface area contributed by atoms with E-state index >= 15 is 0 Å². The van der Waals surface area contributed by atoms with E-state index in [9.17, 15) is 9.90 Å². The Kier molecular flexibility index (Phi) is 6.52. The molecule has 0 saturated carbocycles. The molecule has 0 aliphatic heterocycles. The van der Waals surface area contributed by atoms with Gasteiger partial charge in [-0.3, -0.25) is 4.79 Å². The lowest BCUT2D eigenvalue weighted by molar-refractivity contribution is -0.123. The van der Waals surface area contributed by atoms with Crippen molar-refractivity contribution in [1.82, 2.24) is 5.32 Å². The Morgan fingerprint density at radius 3 is 2.53 bits per heavy atom. The molecule has 0 bridgehead atoms. The first kappa shape index (κ1) is 14.4. The van der Waals surface area contributed by atoms with Gasteiger partial charge in [-0.1, -0.05) is 26.7 Å². The van der Waals surface area contributed by atoms with Crippen molar-refractivity contribution in [3.05, 3.63) is 0 Å². The summed E-state index contributed by atoms with van der Waals surface area (Å²) < 4.78 is 0. The van der Waals surface area contributed by atoms with E-state index in [2.05, 4.69) is 5.32 Å². The Labute approximate surface area is 92.2 Å². The zero-order valence-corrected chi connectivity index (χ0v) is 10.0. The van der Waals surface area contributed by atoms with E-state index in [1.165, 1.54) is 0 Å². The average Bonchev–Trinajstić information content (AvgIpc) is 2.14. The lowest BCUT2D eigenvalue weighted by atomic mass is 10.0. The molecule has 2 unspecified atom stereocenters. The van der Waals surface area contributed by atoms with Crippen molar-refractivity contribution >= 4 is 5.91 Å². The molecule has 0 radical (unpaired) electrons. The summed E-state index contributed by atoms with van der Waals surface area (Å²) in [6.45, 7) is 5.98. The van der Waals surface area contributed by atoms with Crippen LogP contribution < -0.4 is 11.1 Å². The number of nitrogens with two attached hydrogens (primary N) is 1. The van der Waals surface area contributed by atoms with E-state index in [4.69, 9.17) is 5.73 Å². The minimum Gasteiger partial charge on any atom is -0.388 e. The van der Waals surface area contributed by atoms with Crippen LogP contribution in [0.2, 0.25) is 0 Å². The molecule has 0 heterocycles. The molecule has 0 aromatic heterocycles. The number of amides is 1. The molecule has 0 aromatic carbocycles. The molecule has 15 heavy (non-hydrogen) atoms. The Hall–Kier alpha value is -0.610. The van der Waals surface area contributed by atoms with Crippen molar-refractivity contribution in [2.75, 3.05) is 6.54 Å². The molecule has 0 rings (SSSR count). The summed E-state index contributed by atoms with van der Waals surface area (Å²) in [7, 11) is 0. The van der Waals surface area contributed by atoms with Crippen molar-refractivity contribution in [1.29, 1.82) is 0 Å². The van der Waals surface area contributed by atoms with Gasteiger partial charge in [-0.15, -0.1) is 0 Å². The van der Waals surface area contributed by atoms with Crippen molar-refractivity contribution in [3.63, 3.8) is 0 Å². The number of nitrogens with one attached hydrogen (secondary N) is 1. The highest BCUT2D eigenvalue weighted by Crippen LogP contribution is 2.09. The fourth-order valence-corrected chi connectivity index (χ4v) is 1.48. The number of carbonyl (C=O) groups excluding carboxylic acids is 1. The Bertz CT molecular complexity index is 193. The Morgan fingerprint density at radius 2 is 2.07 bits per heavy atom. The maximum absolute atomic E-state index is 11.4. The third kappa shape index (κ3) is 6.47. The van der Waals surface area contributed by atoms with E-state index in [-0.39, 0.29) is 12.5 Å². The highest BCUT2D eigenvalue weighted by molar-refractivity contribution is 5.81. The summed E-state index contributed by atoms with van der Waals surface area (Å²) in [4.78, 5) is 11.4. The van der Waals surface area contributed by atoms with E-state index in [1.807, 2.05) is 13.8 Å². The largest absolute Gasteiger partial charge is 0.388 e. The highest BCUT2D eigenvalue weighted by Gasteiger charge is 2.21. The van der Waals surface area contributed by atoms with Gasteiger partial charge in [0.1, 0.15) is 0 Å². The first-order chi connectivity index (χ1) is 6.93. The number of rotatable bonds is 7. The molecule has 0 aliphatic rings. The van der Waals surface area contributed by atoms with E-state index in [0.29, 0.717) is 12.8 Å². The van der Waals surface area contributed by atoms with Crippen LogP contribution in [0.4, 0.5) is 0 Å². The summed E-state index contributed by atoms with van der Waals surface area (Å²) >= 11 is 0. The van der Waals surface area contributed by atoms with Gasteiger partial charge in [0.05, 0.1) is 11.6 Å². The van der Waals surface area contributed by atoms with Crippen LogP contribution in [0.15, 0.2) is 0 Å². The fourth-order valence-electron chi connectivity index (χ4n) is 1.48. The fraction of sp³-hybridized carbons (Fsp3) is 0.909. The molecule has 90 valence electrons. The Balaban J connectivity index is 3.88. The van der Waals surface area contributed by atoms with Gasteiger partial charge >= 0.3 is 0 Å². The zero-order valence-electron chi connectivity index (χ0n) is 10.0. The van der Waals surface area contributed by atoms with Gasteiger partial charge in [-0.05, 0) is 19.8 Å². The normalized spacial score (nSPS) is 16.9. The van der Waals surface area contributed by atoms with Gasteiger partial charge < -0.3 is 16.2 Å². The summed E-state index contributed by atoms with van der Waals surface area (Å²) in [6.07, 6.45) is 3.14. The monoisotopic (exact) mass is 216 g/mol. The van der Waals surface area contributed by atoms with Crippen LogP contribution in [0, 0.1) is 0 Å². The number of aliphatic hydroxyl groups is 1. The lowest BCUT2D eigenvalue weighted by Crippen LogP contribution is -2.47. The van der Waals surface area contributed by atoms with Gasteiger partial charge in [-0.2, -0.15) is 0 Å². The van der Waals surface area contributed by atoms with Crippen LogP contribution in [0.5, 0.6) is 0 Å². The van der Waals surface area contributed by atoms with Gasteiger partial charge in [0.2, 0.25) is 5.91 Å². The number of hydrogen-bond donors (Lipinski definition) is 3. The molecule has 0 aromatic rings. The van der Waals surface area contributed by atoms with Crippen LogP contribution >= 0.6 is 0 Å². The molecule has 4 nitrogen and oxygen atoms in total. The van der Waals surface area contributed by atoms with Crippen molar-refractivity contribution in [2.24, 2.45) is 5.73 Å². The maximum Gasteiger partial charge on any atom is 0.237 e. The van der Waals surface area contributed by atoms with Gasteiger partial charge in [0.15, 0.2) is 0 Å². The first-order valence-electron chi connectivity index (χ1n) is 5.68. The Morgan fingerprint density at radius 1 is 1.47 bits per heavy atom. The van der Waals surface area contributed by atoms with Crippen molar-refractivity contribution in [3.8, 4) is 0 Å². The van der Waals surface area contributed by atoms with Crippen LogP contribution in [0.1, 0.15) is 46.5 Å². The topological polar surface area (TPSA) is 75.4 Å². The lowest BCUT2D eigenvalue weighted by Gasteiger charge is -2.23. The van der Waals surface area contributed by atoms with Crippen LogP contribution in [-0.2, 0) is 4.79 Å². The molecule has 2 atom stereocenters. The van der Waals surface area contributed by atoms with Crippen LogP contribution in [0.25, 0.3) is 0 Å². The summed E-state index contributed by atoms with van der Waals surface area (Å²) in [6, 6.07) is -0.451. The standard InChI is InChI=1S/C11H24N2O2/c1-4-6-9(12)10(14)13-8-11(3,15)7-5-2/h9,15H,4-8,12H2,1-3H3,(H,13,14). The zero-order chi connectivity index (χ0) is 11.9. The third-order valence-corrected chi connectivity index (χ3v) is 2.37. The molecular formula is C11H24N2O2. The second kappa shape index (κ2) is 6.80. The quantitative estimate of drug-likeness (QED) is 0.588. The molecule has 1 amide bonds. The smallest absolute Gasteiger partial charge is 0.237 e. The molecule has 4 N–H and O–H groups in total. The molecular weight excluding hydrogens is 192 g/mol. The minimum absolute atomic E-state index is 0.173. The van der Waals surface area contributed by atoms with E-state index in [1.54, 1.807) is 6.92 Å². The van der Waals surface area contributed by atoms with Crippen LogP contribution in [-0.4, -0.2) is 29.2 Å².